The number of allylic oxidation sites excluding steroid dienone is 1. The summed E-state index contributed by atoms with van der Waals surface area (Å²) in [6.07, 6.45) is -1.43. The Morgan fingerprint density at radius 2 is 2.24 bits per heavy atom. The van der Waals surface area contributed by atoms with E-state index < -0.39 is 18.2 Å². The molecule has 2 rings (SSSR count). The van der Waals surface area contributed by atoms with E-state index in [1.807, 2.05) is 6.07 Å². The lowest BCUT2D eigenvalue weighted by atomic mass is 9.95. The van der Waals surface area contributed by atoms with Crippen LogP contribution in [0.5, 0.6) is 5.75 Å². The molecule has 0 aliphatic carbocycles. The first-order valence-electron chi connectivity index (χ1n) is 6.07. The summed E-state index contributed by atoms with van der Waals surface area (Å²) in [5.74, 6) is 0.513. The molecule has 7 heteroatoms. The van der Waals surface area contributed by atoms with Crippen LogP contribution in [0, 0.1) is 11.3 Å². The SMILES string of the molecule is COc1cccc(C2C(C#N)=C(C)NC(=O)N2C(=O)O)c1. The molecule has 1 unspecified atom stereocenters. The van der Waals surface area contributed by atoms with Crippen LogP contribution in [-0.2, 0) is 0 Å². The molecule has 0 bridgehead atoms. The van der Waals surface area contributed by atoms with Gasteiger partial charge >= 0.3 is 12.1 Å². The van der Waals surface area contributed by atoms with Crippen LogP contribution >= 0.6 is 0 Å². The molecule has 21 heavy (non-hydrogen) atoms. The number of carbonyl (C=O) groups excluding carboxylic acids is 1. The van der Waals surface area contributed by atoms with Gasteiger partial charge in [-0.1, -0.05) is 12.1 Å². The van der Waals surface area contributed by atoms with E-state index in [1.165, 1.54) is 7.11 Å². The van der Waals surface area contributed by atoms with Gasteiger partial charge in [0.2, 0.25) is 0 Å². The van der Waals surface area contributed by atoms with Gasteiger partial charge in [-0.25, -0.2) is 14.5 Å². The van der Waals surface area contributed by atoms with Crippen molar-refractivity contribution < 1.29 is 19.4 Å². The van der Waals surface area contributed by atoms with Crippen LogP contribution in [0.2, 0.25) is 0 Å². The highest BCUT2D eigenvalue weighted by atomic mass is 16.5. The molecule has 7 nitrogen and oxygen atoms in total. The molecule has 1 aliphatic heterocycles. The normalized spacial score (nSPS) is 18.0. The Morgan fingerprint density at radius 3 is 2.81 bits per heavy atom. The van der Waals surface area contributed by atoms with Crippen LogP contribution in [0.15, 0.2) is 35.5 Å². The Labute approximate surface area is 121 Å². The molecule has 3 amide bonds. The number of nitrogens with zero attached hydrogens (tertiary/aromatic N) is 2. The lowest BCUT2D eigenvalue weighted by molar-refractivity contribution is 0.136. The maximum atomic E-state index is 11.9. The van der Waals surface area contributed by atoms with Crippen molar-refractivity contribution in [2.24, 2.45) is 0 Å². The minimum Gasteiger partial charge on any atom is -0.497 e. The minimum atomic E-state index is -1.43. The molecule has 1 aromatic carbocycles. The number of carbonyl (C=O) groups is 2. The summed E-state index contributed by atoms with van der Waals surface area (Å²) >= 11 is 0. The molecule has 1 heterocycles. The molecule has 0 aromatic heterocycles. The van der Waals surface area contributed by atoms with Gasteiger partial charge in [0.15, 0.2) is 0 Å². The van der Waals surface area contributed by atoms with Crippen molar-refractivity contribution >= 4 is 12.1 Å². The fourth-order valence-corrected chi connectivity index (χ4v) is 2.21. The molecular weight excluding hydrogens is 274 g/mol. The average molecular weight is 287 g/mol. The third kappa shape index (κ3) is 2.51. The maximum absolute atomic E-state index is 11.9. The van der Waals surface area contributed by atoms with Gasteiger partial charge in [-0.2, -0.15) is 5.26 Å². The second-order valence-corrected chi connectivity index (χ2v) is 4.41. The number of rotatable bonds is 2. The monoisotopic (exact) mass is 287 g/mol. The van der Waals surface area contributed by atoms with E-state index in [0.29, 0.717) is 21.9 Å². The average Bonchev–Trinajstić information content (AvgIpc) is 2.46. The van der Waals surface area contributed by atoms with Crippen molar-refractivity contribution in [3.8, 4) is 11.8 Å². The number of methoxy groups -OCH3 is 1. The summed E-state index contributed by atoms with van der Waals surface area (Å²) in [7, 11) is 1.48. The lowest BCUT2D eigenvalue weighted by Crippen LogP contribution is -2.49. The van der Waals surface area contributed by atoms with Crippen LogP contribution < -0.4 is 10.1 Å². The molecule has 0 saturated heterocycles. The minimum absolute atomic E-state index is 0.172. The van der Waals surface area contributed by atoms with Crippen molar-refractivity contribution in [1.29, 1.82) is 5.26 Å². The van der Waals surface area contributed by atoms with Crippen LogP contribution in [0.4, 0.5) is 9.59 Å². The smallest absolute Gasteiger partial charge is 0.416 e. The quantitative estimate of drug-likeness (QED) is 0.868. The third-order valence-electron chi connectivity index (χ3n) is 3.18. The van der Waals surface area contributed by atoms with E-state index in [-0.39, 0.29) is 5.57 Å². The van der Waals surface area contributed by atoms with E-state index in [2.05, 4.69) is 5.32 Å². The molecule has 0 spiro atoms. The number of nitrogens with one attached hydrogen (secondary N) is 1. The molecule has 0 saturated carbocycles. The van der Waals surface area contributed by atoms with E-state index in [9.17, 15) is 20.0 Å². The molecule has 1 aliphatic rings. The highest BCUT2D eigenvalue weighted by molar-refractivity contribution is 5.93. The second-order valence-electron chi connectivity index (χ2n) is 4.41. The number of urea groups is 1. The highest BCUT2D eigenvalue weighted by Crippen LogP contribution is 2.34. The predicted octanol–water partition coefficient (Wildman–Crippen LogP) is 2.24. The Hall–Kier alpha value is -3.01. The van der Waals surface area contributed by atoms with E-state index in [0.717, 1.165) is 0 Å². The van der Waals surface area contributed by atoms with Gasteiger partial charge in [-0.15, -0.1) is 0 Å². The first kappa shape index (κ1) is 14.4. The van der Waals surface area contributed by atoms with E-state index >= 15 is 0 Å². The Morgan fingerprint density at radius 1 is 1.52 bits per heavy atom. The molecule has 0 radical (unpaired) electrons. The molecule has 1 aromatic rings. The number of hydrogen-bond acceptors (Lipinski definition) is 4. The van der Waals surface area contributed by atoms with Crippen molar-refractivity contribution in [2.45, 2.75) is 13.0 Å². The van der Waals surface area contributed by atoms with E-state index in [4.69, 9.17) is 4.74 Å². The van der Waals surface area contributed by atoms with Gasteiger partial charge in [-0.3, -0.25) is 0 Å². The van der Waals surface area contributed by atoms with Gasteiger partial charge in [-0.05, 0) is 24.6 Å². The van der Waals surface area contributed by atoms with Gasteiger partial charge < -0.3 is 15.2 Å². The fraction of sp³-hybridized carbons (Fsp3) is 0.214. The summed E-state index contributed by atoms with van der Waals surface area (Å²) in [5.41, 5.74) is 1.00. The Balaban J connectivity index is 2.62. The van der Waals surface area contributed by atoms with Gasteiger partial charge in [0.25, 0.3) is 0 Å². The largest absolute Gasteiger partial charge is 0.497 e. The van der Waals surface area contributed by atoms with Gasteiger partial charge in [0.1, 0.15) is 11.8 Å². The van der Waals surface area contributed by atoms with E-state index in [1.54, 1.807) is 31.2 Å². The Kier molecular flexibility index (Phi) is 3.80. The van der Waals surface area contributed by atoms with Gasteiger partial charge in [0.05, 0.1) is 18.8 Å². The summed E-state index contributed by atoms with van der Waals surface area (Å²) < 4.78 is 5.10. The number of nitriles is 1. The molecule has 0 fully saturated rings. The first-order chi connectivity index (χ1) is 9.99. The number of amides is 3. The molecule has 108 valence electrons. The van der Waals surface area contributed by atoms with Crippen molar-refractivity contribution in [2.75, 3.05) is 7.11 Å². The second kappa shape index (κ2) is 5.54. The summed E-state index contributed by atoms with van der Waals surface area (Å²) in [5, 5.41) is 20.9. The zero-order valence-electron chi connectivity index (χ0n) is 11.5. The topological polar surface area (TPSA) is 103 Å². The van der Waals surface area contributed by atoms with Crippen LogP contribution in [0.3, 0.4) is 0 Å². The van der Waals surface area contributed by atoms with Crippen molar-refractivity contribution in [3.05, 3.63) is 41.1 Å². The van der Waals surface area contributed by atoms with Crippen LogP contribution in [0.25, 0.3) is 0 Å². The number of benzene rings is 1. The summed E-state index contributed by atoms with van der Waals surface area (Å²) in [4.78, 5) is 23.9. The zero-order valence-corrected chi connectivity index (χ0v) is 11.5. The maximum Gasteiger partial charge on any atom is 0.416 e. The number of imide groups is 1. The third-order valence-corrected chi connectivity index (χ3v) is 3.18. The van der Waals surface area contributed by atoms with Crippen molar-refractivity contribution in [3.63, 3.8) is 0 Å². The standard InChI is InChI=1S/C14H13N3O4/c1-8-11(7-15)12(17(14(19)20)13(18)16-8)9-4-3-5-10(6-9)21-2/h3-6,12H,1-2H3,(H,16,18)(H,19,20). The fourth-order valence-electron chi connectivity index (χ4n) is 2.21. The van der Waals surface area contributed by atoms with Gasteiger partial charge in [0, 0.05) is 5.70 Å². The van der Waals surface area contributed by atoms with Crippen LogP contribution in [0.1, 0.15) is 18.5 Å². The first-order valence-corrected chi connectivity index (χ1v) is 6.07. The predicted molar refractivity (Wildman–Crippen MR) is 72.4 cm³/mol. The summed E-state index contributed by atoms with van der Waals surface area (Å²) in [6, 6.07) is 6.80. The number of ether oxygens (including phenoxy) is 1. The molecule has 2 N–H and O–H groups in total. The lowest BCUT2D eigenvalue weighted by Gasteiger charge is -2.33. The van der Waals surface area contributed by atoms with Crippen molar-refractivity contribution in [1.82, 2.24) is 10.2 Å². The number of carboxylic acid groups (broad SMARTS) is 1. The summed E-state index contributed by atoms with van der Waals surface area (Å²) in [6.45, 7) is 1.56. The Bertz CT molecular complexity index is 675. The zero-order chi connectivity index (χ0) is 15.6. The molecular formula is C14H13N3O4. The number of hydrogen-bond donors (Lipinski definition) is 2. The highest BCUT2D eigenvalue weighted by Gasteiger charge is 2.38. The van der Waals surface area contributed by atoms with Crippen LogP contribution in [-0.4, -0.2) is 29.2 Å². The molecule has 1 atom stereocenters.